The smallest absolute Gasteiger partial charge is 0.225 e. The Morgan fingerprint density at radius 2 is 2.04 bits per heavy atom. The first kappa shape index (κ1) is 15.6. The van der Waals surface area contributed by atoms with E-state index in [-0.39, 0.29) is 29.0 Å². The minimum atomic E-state index is -0.482. The number of nitrogens with one attached hydrogen (secondary N) is 1. The molecule has 3 rings (SSSR count). The van der Waals surface area contributed by atoms with Crippen LogP contribution in [0.3, 0.4) is 0 Å². The summed E-state index contributed by atoms with van der Waals surface area (Å²) >= 11 is 5.94. The minimum Gasteiger partial charge on any atom is -0.459 e. The third-order valence-electron chi connectivity index (χ3n) is 3.65. The molecule has 0 aliphatic heterocycles. The maximum atomic E-state index is 13.7. The van der Waals surface area contributed by atoms with E-state index in [1.54, 1.807) is 6.07 Å². The van der Waals surface area contributed by atoms with E-state index in [0.29, 0.717) is 5.76 Å². The molecule has 1 heterocycles. The monoisotopic (exact) mass is 331 g/mol. The van der Waals surface area contributed by atoms with E-state index in [2.05, 4.69) is 5.32 Å². The van der Waals surface area contributed by atoms with Gasteiger partial charge in [0.2, 0.25) is 5.91 Å². The second-order valence-electron chi connectivity index (χ2n) is 5.35. The second-order valence-corrected chi connectivity index (χ2v) is 5.76. The normalized spacial score (nSPS) is 12.3. The van der Waals surface area contributed by atoms with Gasteiger partial charge in [0.15, 0.2) is 0 Å². The van der Waals surface area contributed by atoms with Crippen LogP contribution in [0.2, 0.25) is 5.02 Å². The maximum absolute atomic E-state index is 13.7. The van der Waals surface area contributed by atoms with Gasteiger partial charge in [-0.25, -0.2) is 4.39 Å². The Bertz CT molecular complexity index is 806. The summed E-state index contributed by atoms with van der Waals surface area (Å²) in [4.78, 5) is 12.1. The number of fused-ring (bicyclic) bond motifs is 1. The van der Waals surface area contributed by atoms with Crippen LogP contribution in [0, 0.1) is 5.82 Å². The van der Waals surface area contributed by atoms with Crippen molar-refractivity contribution in [1.29, 1.82) is 0 Å². The van der Waals surface area contributed by atoms with Crippen molar-refractivity contribution >= 4 is 28.5 Å². The number of carbonyl (C=O) groups excluding carboxylic acids is 1. The predicted molar refractivity (Wildman–Crippen MR) is 87.9 cm³/mol. The molecule has 2 aromatic carbocycles. The van der Waals surface area contributed by atoms with E-state index >= 15 is 0 Å². The molecule has 1 aromatic heterocycles. The molecule has 0 bridgehead atoms. The lowest BCUT2D eigenvalue weighted by Crippen LogP contribution is -2.28. The zero-order chi connectivity index (χ0) is 16.4. The van der Waals surface area contributed by atoms with Gasteiger partial charge in [-0.05, 0) is 31.2 Å². The molecule has 0 spiro atoms. The largest absolute Gasteiger partial charge is 0.459 e. The van der Waals surface area contributed by atoms with Crippen LogP contribution in [-0.2, 0) is 11.2 Å². The van der Waals surface area contributed by atoms with Crippen LogP contribution >= 0.6 is 11.6 Å². The average molecular weight is 332 g/mol. The molecule has 0 radical (unpaired) electrons. The first-order chi connectivity index (χ1) is 11.0. The highest BCUT2D eigenvalue weighted by molar-refractivity contribution is 6.31. The van der Waals surface area contributed by atoms with Crippen LogP contribution in [0.25, 0.3) is 11.0 Å². The quantitative estimate of drug-likeness (QED) is 0.756. The minimum absolute atomic E-state index is 0.115. The van der Waals surface area contributed by atoms with Gasteiger partial charge in [0.25, 0.3) is 0 Å². The van der Waals surface area contributed by atoms with E-state index in [0.717, 1.165) is 11.0 Å². The summed E-state index contributed by atoms with van der Waals surface area (Å²) in [6.45, 7) is 1.82. The van der Waals surface area contributed by atoms with Gasteiger partial charge >= 0.3 is 0 Å². The lowest BCUT2D eigenvalue weighted by molar-refractivity contribution is -0.121. The molecule has 0 saturated heterocycles. The molecule has 0 aliphatic rings. The molecule has 1 amide bonds. The maximum Gasteiger partial charge on any atom is 0.225 e. The number of hydrogen-bond acceptors (Lipinski definition) is 2. The van der Waals surface area contributed by atoms with Gasteiger partial charge in [0.1, 0.15) is 17.2 Å². The molecule has 3 aromatic rings. The van der Waals surface area contributed by atoms with Gasteiger partial charge in [-0.3, -0.25) is 4.79 Å². The van der Waals surface area contributed by atoms with Crippen molar-refractivity contribution in [3.63, 3.8) is 0 Å². The highest BCUT2D eigenvalue weighted by atomic mass is 35.5. The summed E-state index contributed by atoms with van der Waals surface area (Å²) in [5, 5.41) is 4.02. The van der Waals surface area contributed by atoms with Crippen molar-refractivity contribution < 1.29 is 13.6 Å². The number of hydrogen-bond donors (Lipinski definition) is 1. The predicted octanol–water partition coefficient (Wildman–Crippen LogP) is 4.65. The van der Waals surface area contributed by atoms with Crippen LogP contribution in [0.5, 0.6) is 0 Å². The third-order valence-corrected chi connectivity index (χ3v) is 4.00. The highest BCUT2D eigenvalue weighted by Gasteiger charge is 2.17. The van der Waals surface area contributed by atoms with Crippen molar-refractivity contribution in [1.82, 2.24) is 5.32 Å². The number of para-hydroxylation sites is 1. The first-order valence-electron chi connectivity index (χ1n) is 7.25. The number of rotatable bonds is 4. The Labute approximate surface area is 138 Å². The summed E-state index contributed by atoms with van der Waals surface area (Å²) < 4.78 is 19.4. The molecular formula is C18H15ClFNO2. The topological polar surface area (TPSA) is 42.2 Å². The number of furan rings is 1. The molecule has 1 N–H and O–H groups in total. The Morgan fingerprint density at radius 1 is 1.26 bits per heavy atom. The molecule has 0 unspecified atom stereocenters. The number of benzene rings is 2. The SMILES string of the molecule is C[C@H](NC(=O)Cc1c(F)cccc1Cl)c1cc2ccccc2o1. The van der Waals surface area contributed by atoms with Crippen LogP contribution in [0.1, 0.15) is 24.3 Å². The van der Waals surface area contributed by atoms with Gasteiger partial charge in [0.05, 0.1) is 12.5 Å². The summed E-state index contributed by atoms with van der Waals surface area (Å²) in [6.07, 6.45) is -0.115. The molecule has 1 atom stereocenters. The van der Waals surface area contributed by atoms with Crippen molar-refractivity contribution in [3.05, 3.63) is 70.7 Å². The van der Waals surface area contributed by atoms with E-state index in [9.17, 15) is 9.18 Å². The average Bonchev–Trinajstić information content (AvgIpc) is 2.95. The molecule has 118 valence electrons. The fraction of sp³-hybridized carbons (Fsp3) is 0.167. The van der Waals surface area contributed by atoms with Crippen LogP contribution in [0.4, 0.5) is 4.39 Å². The van der Waals surface area contributed by atoms with Crippen molar-refractivity contribution in [2.24, 2.45) is 0 Å². The fourth-order valence-electron chi connectivity index (χ4n) is 2.44. The molecule has 0 saturated carbocycles. The zero-order valence-corrected chi connectivity index (χ0v) is 13.2. The van der Waals surface area contributed by atoms with Crippen LogP contribution in [0.15, 0.2) is 52.9 Å². The Morgan fingerprint density at radius 3 is 2.78 bits per heavy atom. The van der Waals surface area contributed by atoms with Gasteiger partial charge in [-0.2, -0.15) is 0 Å². The van der Waals surface area contributed by atoms with Crippen molar-refractivity contribution in [2.75, 3.05) is 0 Å². The van der Waals surface area contributed by atoms with E-state index in [1.165, 1.54) is 12.1 Å². The standard InChI is InChI=1S/C18H15ClFNO2/c1-11(17-9-12-5-2-3-8-16(12)23-17)21-18(22)10-13-14(19)6-4-7-15(13)20/h2-9,11H,10H2,1H3,(H,21,22)/t11-/m0/s1. The van der Waals surface area contributed by atoms with E-state index in [4.69, 9.17) is 16.0 Å². The molecule has 5 heteroatoms. The van der Waals surface area contributed by atoms with Gasteiger partial charge in [0, 0.05) is 16.0 Å². The summed E-state index contributed by atoms with van der Waals surface area (Å²) in [5.74, 6) is -0.145. The zero-order valence-electron chi connectivity index (χ0n) is 12.5. The van der Waals surface area contributed by atoms with Crippen molar-refractivity contribution in [2.45, 2.75) is 19.4 Å². The molecule has 0 fully saturated rings. The van der Waals surface area contributed by atoms with Gasteiger partial charge in [-0.15, -0.1) is 0 Å². The molecule has 23 heavy (non-hydrogen) atoms. The number of halogens is 2. The Hall–Kier alpha value is -2.33. The summed E-state index contributed by atoms with van der Waals surface area (Å²) in [6, 6.07) is 13.5. The number of carbonyl (C=O) groups is 1. The third kappa shape index (κ3) is 3.37. The highest BCUT2D eigenvalue weighted by Crippen LogP contribution is 2.24. The Balaban J connectivity index is 1.72. The van der Waals surface area contributed by atoms with Crippen molar-refractivity contribution in [3.8, 4) is 0 Å². The van der Waals surface area contributed by atoms with Gasteiger partial charge in [-0.1, -0.05) is 35.9 Å². The summed E-state index contributed by atoms with van der Waals surface area (Å²) in [5.41, 5.74) is 0.962. The molecular weight excluding hydrogens is 317 g/mol. The van der Waals surface area contributed by atoms with Gasteiger partial charge < -0.3 is 9.73 Å². The summed E-state index contributed by atoms with van der Waals surface area (Å²) in [7, 11) is 0. The van der Waals surface area contributed by atoms with Crippen LogP contribution < -0.4 is 5.32 Å². The Kier molecular flexibility index (Phi) is 4.35. The fourth-order valence-corrected chi connectivity index (χ4v) is 2.67. The second kappa shape index (κ2) is 6.42. The first-order valence-corrected chi connectivity index (χ1v) is 7.63. The van der Waals surface area contributed by atoms with E-state index < -0.39 is 5.82 Å². The number of amides is 1. The van der Waals surface area contributed by atoms with Crippen LogP contribution in [-0.4, -0.2) is 5.91 Å². The lowest BCUT2D eigenvalue weighted by atomic mass is 10.1. The molecule has 3 nitrogen and oxygen atoms in total. The molecule has 0 aliphatic carbocycles. The lowest BCUT2D eigenvalue weighted by Gasteiger charge is -2.12. The van der Waals surface area contributed by atoms with E-state index in [1.807, 2.05) is 37.3 Å².